The minimum absolute atomic E-state index is 0.412. The SMILES string of the molecule is COC1CCN(CCCC(C)(C)CCN)C1. The molecule has 1 rings (SSSR count). The van der Waals surface area contributed by atoms with Crippen molar-refractivity contribution < 1.29 is 4.74 Å². The van der Waals surface area contributed by atoms with Crippen molar-refractivity contribution in [3.05, 3.63) is 0 Å². The highest BCUT2D eigenvalue weighted by atomic mass is 16.5. The van der Waals surface area contributed by atoms with Crippen molar-refractivity contribution >= 4 is 0 Å². The summed E-state index contributed by atoms with van der Waals surface area (Å²) in [6.07, 6.45) is 5.36. The summed E-state index contributed by atoms with van der Waals surface area (Å²) in [6.45, 7) is 8.99. The molecule has 2 N–H and O–H groups in total. The molecule has 0 aliphatic carbocycles. The fraction of sp³-hybridized carbons (Fsp3) is 1.00. The lowest BCUT2D eigenvalue weighted by Crippen LogP contribution is -2.25. The second kappa shape index (κ2) is 6.58. The summed E-state index contributed by atoms with van der Waals surface area (Å²) in [4.78, 5) is 2.52. The van der Waals surface area contributed by atoms with Crippen LogP contribution in [-0.4, -0.2) is 44.3 Å². The summed E-state index contributed by atoms with van der Waals surface area (Å²) >= 11 is 0. The highest BCUT2D eigenvalue weighted by Gasteiger charge is 2.22. The van der Waals surface area contributed by atoms with Gasteiger partial charge >= 0.3 is 0 Å². The lowest BCUT2D eigenvalue weighted by molar-refractivity contribution is 0.107. The molecule has 1 atom stereocenters. The number of hydrogen-bond donors (Lipinski definition) is 1. The van der Waals surface area contributed by atoms with E-state index in [1.165, 1.54) is 32.4 Å². The Labute approximate surface area is 100 Å². The van der Waals surface area contributed by atoms with Gasteiger partial charge < -0.3 is 15.4 Å². The van der Waals surface area contributed by atoms with Gasteiger partial charge in [-0.25, -0.2) is 0 Å². The van der Waals surface area contributed by atoms with Gasteiger partial charge in [-0.05, 0) is 44.2 Å². The second-order valence-corrected chi connectivity index (χ2v) is 5.75. The zero-order valence-corrected chi connectivity index (χ0v) is 11.2. The largest absolute Gasteiger partial charge is 0.380 e. The zero-order valence-electron chi connectivity index (χ0n) is 11.2. The van der Waals surface area contributed by atoms with Gasteiger partial charge in [0.15, 0.2) is 0 Å². The second-order valence-electron chi connectivity index (χ2n) is 5.75. The molecular weight excluding hydrogens is 200 g/mol. The van der Waals surface area contributed by atoms with E-state index in [0.717, 1.165) is 19.5 Å². The van der Waals surface area contributed by atoms with Gasteiger partial charge in [0.25, 0.3) is 0 Å². The summed E-state index contributed by atoms with van der Waals surface area (Å²) in [5.74, 6) is 0. The van der Waals surface area contributed by atoms with Crippen LogP contribution in [0.1, 0.15) is 39.5 Å². The number of methoxy groups -OCH3 is 1. The first-order valence-electron chi connectivity index (χ1n) is 6.52. The van der Waals surface area contributed by atoms with Gasteiger partial charge in [0.2, 0.25) is 0 Å². The van der Waals surface area contributed by atoms with E-state index < -0.39 is 0 Å². The molecule has 0 saturated carbocycles. The lowest BCUT2D eigenvalue weighted by Gasteiger charge is -2.25. The quantitative estimate of drug-likeness (QED) is 0.723. The molecule has 0 spiro atoms. The van der Waals surface area contributed by atoms with Gasteiger partial charge in [0.1, 0.15) is 0 Å². The maximum absolute atomic E-state index is 5.62. The summed E-state index contributed by atoms with van der Waals surface area (Å²) in [5.41, 5.74) is 6.03. The molecule has 0 amide bonds. The van der Waals surface area contributed by atoms with Gasteiger partial charge in [0, 0.05) is 20.2 Å². The normalized spacial score (nSPS) is 22.9. The van der Waals surface area contributed by atoms with Gasteiger partial charge in [-0.15, -0.1) is 0 Å². The first-order chi connectivity index (χ1) is 7.57. The molecule has 1 unspecified atom stereocenters. The molecule has 1 aliphatic heterocycles. The van der Waals surface area contributed by atoms with E-state index >= 15 is 0 Å². The number of rotatable bonds is 7. The van der Waals surface area contributed by atoms with Gasteiger partial charge in [0.05, 0.1) is 6.10 Å². The van der Waals surface area contributed by atoms with Crippen molar-refractivity contribution in [1.82, 2.24) is 4.90 Å². The third-order valence-corrected chi connectivity index (χ3v) is 3.71. The fourth-order valence-electron chi connectivity index (χ4n) is 2.49. The van der Waals surface area contributed by atoms with Crippen molar-refractivity contribution in [2.45, 2.75) is 45.6 Å². The molecule has 0 aromatic carbocycles. The number of nitrogens with two attached hydrogens (primary N) is 1. The van der Waals surface area contributed by atoms with Crippen LogP contribution in [0.25, 0.3) is 0 Å². The molecule has 1 aliphatic rings. The smallest absolute Gasteiger partial charge is 0.0710 e. The van der Waals surface area contributed by atoms with Crippen molar-refractivity contribution in [3.8, 4) is 0 Å². The molecule has 0 aromatic heterocycles. The summed E-state index contributed by atoms with van der Waals surface area (Å²) in [6, 6.07) is 0. The Morgan fingerprint density at radius 2 is 2.12 bits per heavy atom. The van der Waals surface area contributed by atoms with E-state index in [0.29, 0.717) is 11.5 Å². The van der Waals surface area contributed by atoms with Crippen molar-refractivity contribution in [3.63, 3.8) is 0 Å². The molecule has 1 heterocycles. The van der Waals surface area contributed by atoms with Gasteiger partial charge in [-0.2, -0.15) is 0 Å². The molecule has 1 fully saturated rings. The molecule has 3 nitrogen and oxygen atoms in total. The molecule has 3 heteroatoms. The van der Waals surface area contributed by atoms with Crippen LogP contribution in [0.15, 0.2) is 0 Å². The van der Waals surface area contributed by atoms with E-state index in [1.54, 1.807) is 0 Å². The van der Waals surface area contributed by atoms with Crippen LogP contribution in [0.4, 0.5) is 0 Å². The molecule has 0 aromatic rings. The Hall–Kier alpha value is -0.120. The van der Waals surface area contributed by atoms with Gasteiger partial charge in [-0.1, -0.05) is 13.8 Å². The van der Waals surface area contributed by atoms with Crippen LogP contribution in [-0.2, 0) is 4.74 Å². The van der Waals surface area contributed by atoms with E-state index in [1.807, 2.05) is 7.11 Å². The maximum Gasteiger partial charge on any atom is 0.0710 e. The molecule has 0 bridgehead atoms. The number of ether oxygens (including phenoxy) is 1. The Morgan fingerprint density at radius 3 is 2.69 bits per heavy atom. The van der Waals surface area contributed by atoms with E-state index in [-0.39, 0.29) is 0 Å². The van der Waals surface area contributed by atoms with Crippen LogP contribution in [0, 0.1) is 5.41 Å². The minimum Gasteiger partial charge on any atom is -0.380 e. The number of hydrogen-bond acceptors (Lipinski definition) is 3. The first-order valence-corrected chi connectivity index (χ1v) is 6.52. The minimum atomic E-state index is 0.412. The molecular formula is C13H28N2O. The standard InChI is InChI=1S/C13H28N2O/c1-13(2,7-8-14)6-4-9-15-10-5-12(11-15)16-3/h12H,4-11,14H2,1-3H3. The van der Waals surface area contributed by atoms with E-state index in [4.69, 9.17) is 10.5 Å². The average molecular weight is 228 g/mol. The Bertz CT molecular complexity index is 194. The number of nitrogens with zero attached hydrogens (tertiary/aromatic N) is 1. The van der Waals surface area contributed by atoms with Gasteiger partial charge in [-0.3, -0.25) is 0 Å². The molecule has 96 valence electrons. The topological polar surface area (TPSA) is 38.5 Å². The van der Waals surface area contributed by atoms with Crippen LogP contribution < -0.4 is 5.73 Å². The van der Waals surface area contributed by atoms with Crippen molar-refractivity contribution in [2.24, 2.45) is 11.1 Å². The molecule has 1 saturated heterocycles. The zero-order chi connectivity index (χ0) is 12.0. The Morgan fingerprint density at radius 1 is 1.38 bits per heavy atom. The highest BCUT2D eigenvalue weighted by Crippen LogP contribution is 2.26. The van der Waals surface area contributed by atoms with Crippen LogP contribution in [0.3, 0.4) is 0 Å². The van der Waals surface area contributed by atoms with Crippen molar-refractivity contribution in [2.75, 3.05) is 33.3 Å². The van der Waals surface area contributed by atoms with Crippen LogP contribution in [0.2, 0.25) is 0 Å². The fourth-order valence-corrected chi connectivity index (χ4v) is 2.49. The van der Waals surface area contributed by atoms with Crippen LogP contribution in [0.5, 0.6) is 0 Å². The Balaban J connectivity index is 2.11. The molecule has 0 radical (unpaired) electrons. The van der Waals surface area contributed by atoms with Crippen LogP contribution >= 0.6 is 0 Å². The number of likely N-dealkylation sites (tertiary alicyclic amines) is 1. The van der Waals surface area contributed by atoms with E-state index in [2.05, 4.69) is 18.7 Å². The first kappa shape index (κ1) is 13.9. The third kappa shape index (κ3) is 4.81. The summed E-state index contributed by atoms with van der Waals surface area (Å²) in [7, 11) is 1.82. The lowest BCUT2D eigenvalue weighted by atomic mass is 9.84. The highest BCUT2D eigenvalue weighted by molar-refractivity contribution is 4.77. The maximum atomic E-state index is 5.62. The Kier molecular flexibility index (Phi) is 5.73. The van der Waals surface area contributed by atoms with E-state index in [9.17, 15) is 0 Å². The summed E-state index contributed by atoms with van der Waals surface area (Å²) < 4.78 is 5.37. The molecule has 16 heavy (non-hydrogen) atoms. The predicted octanol–water partition coefficient (Wildman–Crippen LogP) is 1.86. The average Bonchev–Trinajstić information content (AvgIpc) is 2.65. The van der Waals surface area contributed by atoms with Crippen molar-refractivity contribution in [1.29, 1.82) is 0 Å². The predicted molar refractivity (Wildman–Crippen MR) is 68.5 cm³/mol. The third-order valence-electron chi connectivity index (χ3n) is 3.71. The monoisotopic (exact) mass is 228 g/mol. The summed E-state index contributed by atoms with van der Waals surface area (Å²) in [5, 5.41) is 0.